The van der Waals surface area contributed by atoms with Crippen LogP contribution in [0.3, 0.4) is 0 Å². The largest absolute Gasteiger partial charge is 0.340 e. The molecule has 2 aliphatic rings. The van der Waals surface area contributed by atoms with Crippen molar-refractivity contribution in [2.45, 2.75) is 6.55 Å². The van der Waals surface area contributed by atoms with Crippen LogP contribution in [0.5, 0.6) is 0 Å². The van der Waals surface area contributed by atoms with Gasteiger partial charge < -0.3 is 10.2 Å². The highest BCUT2D eigenvalue weighted by Gasteiger charge is 2.37. The number of hydrogen-bond donors (Lipinski definition) is 1. The Morgan fingerprint density at radius 1 is 1.18 bits per heavy atom. The topological polar surface area (TPSA) is 71.8 Å². The molecule has 7 nitrogen and oxygen atoms in total. The molecule has 4 heterocycles. The van der Waals surface area contributed by atoms with Crippen LogP contribution >= 0.6 is 0 Å². The zero-order valence-electron chi connectivity index (χ0n) is 11.7. The Morgan fingerprint density at radius 3 is 2.64 bits per heavy atom. The third-order valence-corrected chi connectivity index (χ3v) is 4.29. The first-order valence-corrected chi connectivity index (χ1v) is 7.18. The van der Waals surface area contributed by atoms with Gasteiger partial charge in [-0.1, -0.05) is 0 Å². The van der Waals surface area contributed by atoms with E-state index in [1.54, 1.807) is 0 Å². The molecule has 0 saturated carbocycles. The average Bonchev–Trinajstić information content (AvgIpc) is 3.22. The number of anilines is 1. The van der Waals surface area contributed by atoms with Crippen molar-refractivity contribution in [3.8, 4) is 11.4 Å². The van der Waals surface area contributed by atoms with Crippen molar-refractivity contribution < 1.29 is 8.78 Å². The van der Waals surface area contributed by atoms with Crippen LogP contribution in [0.1, 0.15) is 6.55 Å². The van der Waals surface area contributed by atoms with Gasteiger partial charge in [0.15, 0.2) is 5.82 Å². The van der Waals surface area contributed by atoms with Crippen molar-refractivity contribution >= 4 is 5.95 Å². The summed E-state index contributed by atoms with van der Waals surface area (Å²) in [6.45, 7) is 1.22. The van der Waals surface area contributed by atoms with Crippen molar-refractivity contribution in [3.05, 3.63) is 18.7 Å². The lowest BCUT2D eigenvalue weighted by Crippen LogP contribution is -2.27. The second kappa shape index (κ2) is 5.24. The normalized spacial score (nSPS) is 24.2. The van der Waals surface area contributed by atoms with Gasteiger partial charge in [-0.2, -0.15) is 18.9 Å². The SMILES string of the molecule is FC(F)n1cc(-c2ncnc(N3C[C@H]4CNC[C@H]4C3)n2)cn1. The zero-order valence-corrected chi connectivity index (χ0v) is 11.7. The molecule has 0 amide bonds. The molecule has 2 aliphatic heterocycles. The Morgan fingerprint density at radius 2 is 1.95 bits per heavy atom. The highest BCUT2D eigenvalue weighted by atomic mass is 19.3. The first-order chi connectivity index (χ1) is 10.7. The van der Waals surface area contributed by atoms with E-state index in [-0.39, 0.29) is 0 Å². The molecule has 9 heteroatoms. The van der Waals surface area contributed by atoms with E-state index in [2.05, 4.69) is 30.3 Å². The van der Waals surface area contributed by atoms with Crippen LogP contribution in [-0.4, -0.2) is 50.9 Å². The predicted molar refractivity (Wildman–Crippen MR) is 74.4 cm³/mol. The van der Waals surface area contributed by atoms with Crippen LogP contribution in [0.15, 0.2) is 18.7 Å². The molecule has 0 spiro atoms. The Balaban J connectivity index is 1.58. The second-order valence-corrected chi connectivity index (χ2v) is 5.68. The molecule has 22 heavy (non-hydrogen) atoms. The second-order valence-electron chi connectivity index (χ2n) is 5.68. The summed E-state index contributed by atoms with van der Waals surface area (Å²) < 4.78 is 25.8. The summed E-state index contributed by atoms with van der Waals surface area (Å²) in [7, 11) is 0. The van der Waals surface area contributed by atoms with Gasteiger partial charge in [-0.15, -0.1) is 0 Å². The molecule has 116 valence electrons. The molecule has 2 aromatic heterocycles. The van der Waals surface area contributed by atoms with Crippen molar-refractivity contribution in [1.82, 2.24) is 30.0 Å². The molecular weight excluding hydrogens is 292 g/mol. The lowest BCUT2D eigenvalue weighted by molar-refractivity contribution is 0.0566. The maximum Gasteiger partial charge on any atom is 0.333 e. The van der Waals surface area contributed by atoms with E-state index in [9.17, 15) is 8.78 Å². The van der Waals surface area contributed by atoms with Gasteiger partial charge in [0.25, 0.3) is 0 Å². The number of aromatic nitrogens is 5. The lowest BCUT2D eigenvalue weighted by atomic mass is 10.0. The highest BCUT2D eigenvalue weighted by Crippen LogP contribution is 2.29. The molecule has 0 unspecified atom stereocenters. The Hall–Kier alpha value is -2.16. The van der Waals surface area contributed by atoms with Crippen LogP contribution in [0.25, 0.3) is 11.4 Å². The lowest BCUT2D eigenvalue weighted by Gasteiger charge is -2.17. The molecule has 2 fully saturated rings. The van der Waals surface area contributed by atoms with Gasteiger partial charge in [-0.25, -0.2) is 14.6 Å². The van der Waals surface area contributed by atoms with Gasteiger partial charge >= 0.3 is 6.55 Å². The van der Waals surface area contributed by atoms with E-state index in [4.69, 9.17) is 0 Å². The minimum atomic E-state index is -2.67. The highest BCUT2D eigenvalue weighted by molar-refractivity contribution is 5.53. The fraction of sp³-hybridized carbons (Fsp3) is 0.538. The first kappa shape index (κ1) is 13.5. The minimum absolute atomic E-state index is 0.368. The Bertz CT molecular complexity index is 662. The summed E-state index contributed by atoms with van der Waals surface area (Å²) in [6.07, 6.45) is 4.00. The molecule has 0 aromatic carbocycles. The first-order valence-electron chi connectivity index (χ1n) is 7.18. The smallest absolute Gasteiger partial charge is 0.333 e. The molecule has 2 saturated heterocycles. The van der Waals surface area contributed by atoms with Crippen LogP contribution in [0.4, 0.5) is 14.7 Å². The number of halogens is 2. The van der Waals surface area contributed by atoms with Crippen LogP contribution < -0.4 is 10.2 Å². The predicted octanol–water partition coefficient (Wildman–Crippen LogP) is 0.786. The summed E-state index contributed by atoms with van der Waals surface area (Å²) >= 11 is 0. The molecule has 4 rings (SSSR count). The zero-order chi connectivity index (χ0) is 15.1. The van der Waals surface area contributed by atoms with Crippen molar-refractivity contribution in [1.29, 1.82) is 0 Å². The number of rotatable bonds is 3. The van der Waals surface area contributed by atoms with E-state index in [0.717, 1.165) is 26.2 Å². The fourth-order valence-electron chi connectivity index (χ4n) is 3.16. The molecule has 0 radical (unpaired) electrons. The number of fused-ring (bicyclic) bond motifs is 1. The molecule has 0 bridgehead atoms. The third-order valence-electron chi connectivity index (χ3n) is 4.29. The van der Waals surface area contributed by atoms with E-state index in [0.29, 0.717) is 33.9 Å². The van der Waals surface area contributed by atoms with Crippen molar-refractivity contribution in [2.24, 2.45) is 11.8 Å². The molecule has 2 atom stereocenters. The standard InChI is InChI=1S/C13H15F2N7/c14-12(15)22-6-10(3-19-22)11-17-7-18-13(20-11)21-4-8-1-16-2-9(8)5-21/h3,6-9,12,16H,1-2,4-5H2/t8-,9+. The summed E-state index contributed by atoms with van der Waals surface area (Å²) in [4.78, 5) is 14.8. The van der Waals surface area contributed by atoms with E-state index in [1.165, 1.54) is 18.7 Å². The Kier molecular flexibility index (Phi) is 3.21. The molecule has 2 aromatic rings. The van der Waals surface area contributed by atoms with Crippen molar-refractivity contribution in [3.63, 3.8) is 0 Å². The molecular formula is C13H15F2N7. The van der Waals surface area contributed by atoms with Gasteiger partial charge in [0.05, 0.1) is 11.8 Å². The summed E-state index contributed by atoms with van der Waals surface area (Å²) in [6, 6.07) is 0. The van der Waals surface area contributed by atoms with E-state index in [1.807, 2.05) is 0 Å². The maximum absolute atomic E-state index is 12.6. The van der Waals surface area contributed by atoms with Gasteiger partial charge in [0.1, 0.15) is 6.33 Å². The minimum Gasteiger partial charge on any atom is -0.340 e. The van der Waals surface area contributed by atoms with Crippen LogP contribution in [-0.2, 0) is 0 Å². The third kappa shape index (κ3) is 2.31. The maximum atomic E-state index is 12.6. The van der Waals surface area contributed by atoms with Gasteiger partial charge in [-0.3, -0.25) is 0 Å². The van der Waals surface area contributed by atoms with Gasteiger partial charge in [0, 0.05) is 32.4 Å². The average molecular weight is 307 g/mol. The number of nitrogens with one attached hydrogen (secondary N) is 1. The van der Waals surface area contributed by atoms with Crippen molar-refractivity contribution in [2.75, 3.05) is 31.1 Å². The van der Waals surface area contributed by atoms with Crippen LogP contribution in [0, 0.1) is 11.8 Å². The molecule has 0 aliphatic carbocycles. The van der Waals surface area contributed by atoms with E-state index < -0.39 is 6.55 Å². The summed E-state index contributed by atoms with van der Waals surface area (Å²) in [5, 5.41) is 7.00. The number of nitrogens with zero attached hydrogens (tertiary/aromatic N) is 6. The fourth-order valence-corrected chi connectivity index (χ4v) is 3.16. The quantitative estimate of drug-likeness (QED) is 0.904. The molecule has 1 N–H and O–H groups in total. The summed E-state index contributed by atoms with van der Waals surface area (Å²) in [5.41, 5.74) is 0.463. The Labute approximate surface area is 125 Å². The summed E-state index contributed by atoms with van der Waals surface area (Å²) in [5.74, 6) is 2.22. The monoisotopic (exact) mass is 307 g/mol. The number of hydrogen-bond acceptors (Lipinski definition) is 6. The van der Waals surface area contributed by atoms with Gasteiger partial charge in [-0.05, 0) is 11.8 Å². The van der Waals surface area contributed by atoms with Crippen LogP contribution in [0.2, 0.25) is 0 Å². The number of alkyl halides is 2. The van der Waals surface area contributed by atoms with E-state index >= 15 is 0 Å². The van der Waals surface area contributed by atoms with Gasteiger partial charge in [0.2, 0.25) is 5.95 Å².